The Balaban J connectivity index is 2.26. The zero-order chi connectivity index (χ0) is 11.3. The first-order valence-corrected chi connectivity index (χ1v) is 4.34. The van der Waals surface area contributed by atoms with Gasteiger partial charge in [-0.3, -0.25) is 0 Å². The van der Waals surface area contributed by atoms with Gasteiger partial charge >= 0.3 is 6.18 Å². The van der Waals surface area contributed by atoms with Crippen molar-refractivity contribution >= 4 is 0 Å². The monoisotopic (exact) mass is 221 g/mol. The molecule has 0 aromatic heterocycles. The molecule has 0 aliphatic heterocycles. The molecule has 0 bridgehead atoms. The highest BCUT2D eigenvalue weighted by Gasteiger charge is 2.26. The van der Waals surface area contributed by atoms with E-state index in [9.17, 15) is 17.6 Å². The molecule has 1 radical (unpaired) electrons. The lowest BCUT2D eigenvalue weighted by atomic mass is 10.3. The summed E-state index contributed by atoms with van der Waals surface area (Å²) in [5.41, 5.74) is 0. The second-order valence-corrected chi connectivity index (χ2v) is 2.94. The van der Waals surface area contributed by atoms with Gasteiger partial charge in [0.05, 0.1) is 6.61 Å². The minimum absolute atomic E-state index is 0.0978. The van der Waals surface area contributed by atoms with Crippen molar-refractivity contribution in [1.29, 1.82) is 0 Å². The van der Waals surface area contributed by atoms with Crippen LogP contribution in [0.25, 0.3) is 0 Å². The molecule has 0 unspecified atom stereocenters. The van der Waals surface area contributed by atoms with Gasteiger partial charge in [-0.25, -0.2) is 4.39 Å². The first kappa shape index (κ1) is 11.8. The van der Waals surface area contributed by atoms with E-state index in [1.165, 1.54) is 12.1 Å². The highest BCUT2D eigenvalue weighted by Crippen LogP contribution is 2.21. The molecule has 0 aliphatic rings. The topological polar surface area (TPSA) is 9.23 Å². The number of hydrogen-bond acceptors (Lipinski definition) is 1. The Kier molecular flexibility index (Phi) is 3.94. The van der Waals surface area contributed by atoms with E-state index >= 15 is 0 Å². The van der Waals surface area contributed by atoms with Gasteiger partial charge in [-0.15, -0.1) is 0 Å². The summed E-state index contributed by atoms with van der Waals surface area (Å²) in [5.74, 6) is -0.378. The van der Waals surface area contributed by atoms with E-state index in [2.05, 4.69) is 6.07 Å². The Morgan fingerprint density at radius 1 is 1.33 bits per heavy atom. The second-order valence-electron chi connectivity index (χ2n) is 2.94. The van der Waals surface area contributed by atoms with Crippen molar-refractivity contribution in [2.45, 2.75) is 19.0 Å². The quantitative estimate of drug-likeness (QED) is 0.559. The average molecular weight is 221 g/mol. The van der Waals surface area contributed by atoms with E-state index in [1.54, 1.807) is 0 Å². The van der Waals surface area contributed by atoms with E-state index in [4.69, 9.17) is 4.74 Å². The van der Waals surface area contributed by atoms with Gasteiger partial charge in [0.15, 0.2) is 0 Å². The lowest BCUT2D eigenvalue weighted by Gasteiger charge is -2.07. The summed E-state index contributed by atoms with van der Waals surface area (Å²) in [4.78, 5) is 0. The molecule has 0 amide bonds. The van der Waals surface area contributed by atoms with Gasteiger partial charge in [-0.1, -0.05) is 0 Å². The Labute approximate surface area is 84.7 Å². The van der Waals surface area contributed by atoms with Gasteiger partial charge in [-0.05, 0) is 18.6 Å². The van der Waals surface area contributed by atoms with Gasteiger partial charge in [0.2, 0.25) is 0 Å². The van der Waals surface area contributed by atoms with Crippen LogP contribution in [0.1, 0.15) is 12.8 Å². The molecule has 1 aromatic carbocycles. The van der Waals surface area contributed by atoms with Crippen LogP contribution in [0.4, 0.5) is 17.6 Å². The van der Waals surface area contributed by atoms with Crippen molar-refractivity contribution in [1.82, 2.24) is 0 Å². The summed E-state index contributed by atoms with van der Waals surface area (Å²) in [5, 5.41) is 0. The van der Waals surface area contributed by atoms with Crippen molar-refractivity contribution in [2.24, 2.45) is 0 Å². The zero-order valence-electron chi connectivity index (χ0n) is 7.77. The average Bonchev–Trinajstić information content (AvgIpc) is 2.11. The Morgan fingerprint density at radius 3 is 2.67 bits per heavy atom. The fourth-order valence-corrected chi connectivity index (χ4v) is 0.956. The molecule has 0 heterocycles. The fourth-order valence-electron chi connectivity index (χ4n) is 0.956. The normalized spacial score (nSPS) is 11.5. The minimum atomic E-state index is -4.17. The van der Waals surface area contributed by atoms with Crippen LogP contribution in [0, 0.1) is 11.9 Å². The largest absolute Gasteiger partial charge is 0.493 e. The lowest BCUT2D eigenvalue weighted by molar-refractivity contribution is -0.136. The highest BCUT2D eigenvalue weighted by atomic mass is 19.4. The van der Waals surface area contributed by atoms with Gasteiger partial charge in [0, 0.05) is 18.6 Å². The van der Waals surface area contributed by atoms with Gasteiger partial charge in [0.1, 0.15) is 11.6 Å². The molecule has 0 aliphatic carbocycles. The first-order chi connectivity index (χ1) is 6.97. The molecule has 0 atom stereocenters. The fraction of sp³-hybridized carbons (Fsp3) is 0.400. The summed E-state index contributed by atoms with van der Waals surface area (Å²) >= 11 is 0. The molecule has 5 heteroatoms. The predicted molar refractivity (Wildman–Crippen MR) is 46.0 cm³/mol. The van der Waals surface area contributed by atoms with Crippen LogP contribution in [0.2, 0.25) is 0 Å². The van der Waals surface area contributed by atoms with Crippen molar-refractivity contribution < 1.29 is 22.3 Å². The van der Waals surface area contributed by atoms with Crippen molar-refractivity contribution in [3.63, 3.8) is 0 Å². The van der Waals surface area contributed by atoms with E-state index in [-0.39, 0.29) is 18.8 Å². The maximum absolute atomic E-state index is 12.6. The Hall–Kier alpha value is -1.26. The SMILES string of the molecule is Fc1cc[c]c(OCCCC(F)(F)F)c1. The molecule has 1 aromatic rings. The van der Waals surface area contributed by atoms with E-state index in [0.717, 1.165) is 6.07 Å². The molecular weight excluding hydrogens is 212 g/mol. The number of halogens is 4. The third-order valence-electron chi connectivity index (χ3n) is 1.60. The molecule has 83 valence electrons. The summed E-state index contributed by atoms with van der Waals surface area (Å²) in [6.07, 6.45) is -5.22. The van der Waals surface area contributed by atoms with Crippen LogP contribution in [0.15, 0.2) is 18.2 Å². The summed E-state index contributed by atoms with van der Waals surface area (Å²) in [6.45, 7) is -0.0978. The van der Waals surface area contributed by atoms with Gasteiger partial charge in [-0.2, -0.15) is 13.2 Å². The van der Waals surface area contributed by atoms with Crippen molar-refractivity contribution in [3.8, 4) is 5.75 Å². The van der Waals surface area contributed by atoms with Gasteiger partial charge < -0.3 is 4.74 Å². The van der Waals surface area contributed by atoms with Crippen molar-refractivity contribution in [2.75, 3.05) is 6.61 Å². The van der Waals surface area contributed by atoms with Crippen LogP contribution in [-0.2, 0) is 0 Å². The maximum Gasteiger partial charge on any atom is 0.389 e. The minimum Gasteiger partial charge on any atom is -0.493 e. The number of alkyl halides is 3. The lowest BCUT2D eigenvalue weighted by Crippen LogP contribution is -2.09. The summed E-state index contributed by atoms with van der Waals surface area (Å²) < 4.78 is 52.6. The van der Waals surface area contributed by atoms with E-state index in [0.29, 0.717) is 0 Å². The number of hydrogen-bond donors (Lipinski definition) is 0. The molecular formula is C10H9F4O. The highest BCUT2D eigenvalue weighted by molar-refractivity contribution is 5.20. The first-order valence-electron chi connectivity index (χ1n) is 4.34. The molecule has 0 saturated heterocycles. The van der Waals surface area contributed by atoms with E-state index in [1.807, 2.05) is 0 Å². The van der Waals surface area contributed by atoms with E-state index < -0.39 is 18.4 Å². The van der Waals surface area contributed by atoms with Crippen LogP contribution in [-0.4, -0.2) is 12.8 Å². The smallest absolute Gasteiger partial charge is 0.389 e. The molecule has 1 nitrogen and oxygen atoms in total. The number of benzene rings is 1. The predicted octanol–water partition coefficient (Wildman–Crippen LogP) is 3.35. The Bertz CT molecular complexity index is 309. The second kappa shape index (κ2) is 5.00. The maximum atomic E-state index is 12.6. The third-order valence-corrected chi connectivity index (χ3v) is 1.60. The summed E-state index contributed by atoms with van der Waals surface area (Å²) in [6, 6.07) is 6.14. The molecule has 1 rings (SSSR count). The third kappa shape index (κ3) is 5.24. The van der Waals surface area contributed by atoms with Crippen LogP contribution in [0.5, 0.6) is 5.75 Å². The molecule has 0 fully saturated rings. The van der Waals surface area contributed by atoms with Gasteiger partial charge in [0.25, 0.3) is 0 Å². The molecule has 0 spiro atoms. The molecule has 0 N–H and O–H groups in total. The van der Waals surface area contributed by atoms with Crippen LogP contribution in [0.3, 0.4) is 0 Å². The Morgan fingerprint density at radius 2 is 2.07 bits per heavy atom. The van der Waals surface area contributed by atoms with Crippen LogP contribution < -0.4 is 4.74 Å². The molecule has 0 saturated carbocycles. The summed E-state index contributed by atoms with van der Waals surface area (Å²) in [7, 11) is 0. The standard InChI is InChI=1S/C10H9F4O/c11-8-3-1-4-9(7-8)15-6-2-5-10(12,13)14/h1,3,7H,2,5-6H2. The van der Waals surface area contributed by atoms with Crippen LogP contribution >= 0.6 is 0 Å². The zero-order valence-corrected chi connectivity index (χ0v) is 7.77. The van der Waals surface area contributed by atoms with Crippen molar-refractivity contribution in [3.05, 3.63) is 30.1 Å². The number of ether oxygens (including phenoxy) is 1. The molecule has 15 heavy (non-hydrogen) atoms. The number of rotatable bonds is 4.